The van der Waals surface area contributed by atoms with Crippen LogP contribution in [0.2, 0.25) is 0 Å². The zero-order valence-electron chi connectivity index (χ0n) is 15.9. The van der Waals surface area contributed by atoms with E-state index in [1.54, 1.807) is 18.0 Å². The highest BCUT2D eigenvalue weighted by atomic mass is 32.2. The average Bonchev–Trinajstić information content (AvgIpc) is 3.16. The van der Waals surface area contributed by atoms with Crippen molar-refractivity contribution in [2.75, 3.05) is 6.54 Å². The first-order valence-electron chi connectivity index (χ1n) is 9.37. The molecule has 0 radical (unpaired) electrons. The standard InChI is InChI=1S/C23H20N4OS/c1-2-24-23(28)19-8-3-4-9-22(19)29-17-11-12-18-20(26-27-21(18)15-17)13-10-16-7-5-6-14-25-16/h3-15H,2H2,1H3,(H,24,28)(H,26,27)/b13-10+. The Bertz CT molecular complexity index is 1170. The molecule has 0 aliphatic heterocycles. The molecule has 0 bridgehead atoms. The van der Waals surface area contributed by atoms with E-state index in [1.165, 1.54) is 0 Å². The molecule has 2 N–H and O–H groups in total. The number of aromatic amines is 1. The van der Waals surface area contributed by atoms with E-state index in [2.05, 4.69) is 32.6 Å². The van der Waals surface area contributed by atoms with Crippen LogP contribution in [0.5, 0.6) is 0 Å². The quantitative estimate of drug-likeness (QED) is 0.476. The SMILES string of the molecule is CCNC(=O)c1ccccc1Sc1ccc2c(/C=C/c3ccccn3)n[nH]c2c1. The third-order valence-electron chi connectivity index (χ3n) is 4.36. The van der Waals surface area contributed by atoms with Gasteiger partial charge in [-0.2, -0.15) is 5.10 Å². The molecule has 2 aromatic carbocycles. The number of nitrogens with one attached hydrogen (secondary N) is 2. The normalized spacial score (nSPS) is 11.2. The fraction of sp³-hybridized carbons (Fsp3) is 0.0870. The molecule has 4 rings (SSSR count). The summed E-state index contributed by atoms with van der Waals surface area (Å²) < 4.78 is 0. The van der Waals surface area contributed by atoms with Gasteiger partial charge in [0, 0.05) is 27.9 Å². The van der Waals surface area contributed by atoms with Crippen LogP contribution in [0.1, 0.15) is 28.7 Å². The van der Waals surface area contributed by atoms with Gasteiger partial charge in [-0.25, -0.2) is 0 Å². The molecule has 0 atom stereocenters. The molecule has 29 heavy (non-hydrogen) atoms. The van der Waals surface area contributed by atoms with Crippen molar-refractivity contribution in [2.24, 2.45) is 0 Å². The number of rotatable bonds is 6. The summed E-state index contributed by atoms with van der Waals surface area (Å²) in [6, 6.07) is 19.6. The van der Waals surface area contributed by atoms with E-state index in [1.807, 2.05) is 67.6 Å². The van der Waals surface area contributed by atoms with Gasteiger partial charge < -0.3 is 5.32 Å². The lowest BCUT2D eigenvalue weighted by Crippen LogP contribution is -2.23. The minimum absolute atomic E-state index is 0.0554. The van der Waals surface area contributed by atoms with E-state index in [0.717, 1.165) is 32.1 Å². The zero-order chi connectivity index (χ0) is 20.1. The van der Waals surface area contributed by atoms with Crippen molar-refractivity contribution in [3.8, 4) is 0 Å². The Balaban J connectivity index is 1.58. The summed E-state index contributed by atoms with van der Waals surface area (Å²) in [4.78, 5) is 18.6. The zero-order valence-corrected chi connectivity index (χ0v) is 16.7. The van der Waals surface area contributed by atoms with Crippen LogP contribution in [0.4, 0.5) is 0 Å². The van der Waals surface area contributed by atoms with Crippen molar-refractivity contribution in [3.63, 3.8) is 0 Å². The maximum atomic E-state index is 12.3. The van der Waals surface area contributed by atoms with E-state index < -0.39 is 0 Å². The number of H-pyrrole nitrogens is 1. The summed E-state index contributed by atoms with van der Waals surface area (Å²) in [5, 5.41) is 11.4. The van der Waals surface area contributed by atoms with Gasteiger partial charge in [0.05, 0.1) is 22.5 Å². The summed E-state index contributed by atoms with van der Waals surface area (Å²) >= 11 is 1.57. The van der Waals surface area contributed by atoms with Crippen LogP contribution in [0.25, 0.3) is 23.1 Å². The first-order chi connectivity index (χ1) is 14.2. The average molecular weight is 401 g/mol. The predicted octanol–water partition coefficient (Wildman–Crippen LogP) is 5.03. The first kappa shape index (κ1) is 19.0. The van der Waals surface area contributed by atoms with Crippen molar-refractivity contribution in [2.45, 2.75) is 16.7 Å². The molecule has 144 valence electrons. The number of fused-ring (bicyclic) bond motifs is 1. The monoisotopic (exact) mass is 400 g/mol. The van der Waals surface area contributed by atoms with Gasteiger partial charge in [0.25, 0.3) is 5.91 Å². The van der Waals surface area contributed by atoms with Gasteiger partial charge in [0.15, 0.2) is 0 Å². The smallest absolute Gasteiger partial charge is 0.252 e. The Hall–Kier alpha value is -3.38. The van der Waals surface area contributed by atoms with Crippen molar-refractivity contribution < 1.29 is 4.79 Å². The third kappa shape index (κ3) is 4.38. The van der Waals surface area contributed by atoms with E-state index >= 15 is 0 Å². The lowest BCUT2D eigenvalue weighted by atomic mass is 10.2. The second-order valence-electron chi connectivity index (χ2n) is 6.36. The minimum atomic E-state index is -0.0554. The lowest BCUT2D eigenvalue weighted by Gasteiger charge is -2.09. The Morgan fingerprint density at radius 2 is 1.97 bits per heavy atom. The second-order valence-corrected chi connectivity index (χ2v) is 7.48. The predicted molar refractivity (Wildman–Crippen MR) is 118 cm³/mol. The van der Waals surface area contributed by atoms with Gasteiger partial charge in [-0.1, -0.05) is 30.0 Å². The summed E-state index contributed by atoms with van der Waals surface area (Å²) in [6.45, 7) is 2.52. The minimum Gasteiger partial charge on any atom is -0.352 e. The molecule has 0 aliphatic rings. The maximum absolute atomic E-state index is 12.3. The molecule has 0 saturated carbocycles. The number of hydrogen-bond acceptors (Lipinski definition) is 4. The molecule has 0 saturated heterocycles. The number of nitrogens with zero attached hydrogens (tertiary/aromatic N) is 2. The summed E-state index contributed by atoms with van der Waals surface area (Å²) in [5.74, 6) is -0.0554. The van der Waals surface area contributed by atoms with Crippen LogP contribution >= 0.6 is 11.8 Å². The van der Waals surface area contributed by atoms with Crippen molar-refractivity contribution in [3.05, 3.63) is 83.8 Å². The van der Waals surface area contributed by atoms with Gasteiger partial charge >= 0.3 is 0 Å². The largest absolute Gasteiger partial charge is 0.352 e. The lowest BCUT2D eigenvalue weighted by molar-refractivity contribution is 0.0953. The molecular weight excluding hydrogens is 380 g/mol. The van der Waals surface area contributed by atoms with Crippen molar-refractivity contribution in [1.82, 2.24) is 20.5 Å². The van der Waals surface area contributed by atoms with Gasteiger partial charge in [-0.3, -0.25) is 14.9 Å². The maximum Gasteiger partial charge on any atom is 0.252 e. The molecule has 0 fully saturated rings. The van der Waals surface area contributed by atoms with Crippen LogP contribution in [-0.4, -0.2) is 27.6 Å². The van der Waals surface area contributed by atoms with Crippen LogP contribution in [0.15, 0.2) is 76.7 Å². The van der Waals surface area contributed by atoms with Gasteiger partial charge in [-0.15, -0.1) is 0 Å². The van der Waals surface area contributed by atoms with Crippen molar-refractivity contribution in [1.29, 1.82) is 0 Å². The van der Waals surface area contributed by atoms with Crippen molar-refractivity contribution >= 4 is 40.7 Å². The number of amides is 1. The molecule has 4 aromatic rings. The topological polar surface area (TPSA) is 70.7 Å². The van der Waals surface area contributed by atoms with E-state index in [0.29, 0.717) is 12.1 Å². The summed E-state index contributed by atoms with van der Waals surface area (Å²) in [7, 11) is 0. The van der Waals surface area contributed by atoms with E-state index in [4.69, 9.17) is 0 Å². The Kier molecular flexibility index (Phi) is 5.72. The van der Waals surface area contributed by atoms with Crippen LogP contribution in [0, 0.1) is 0 Å². The van der Waals surface area contributed by atoms with Crippen LogP contribution in [0.3, 0.4) is 0 Å². The molecule has 1 amide bonds. The highest BCUT2D eigenvalue weighted by Gasteiger charge is 2.12. The van der Waals surface area contributed by atoms with Gasteiger partial charge in [-0.05, 0) is 61.5 Å². The molecule has 5 nitrogen and oxygen atoms in total. The van der Waals surface area contributed by atoms with E-state index in [-0.39, 0.29) is 5.91 Å². The Labute approximate surface area is 173 Å². The Morgan fingerprint density at radius 1 is 1.10 bits per heavy atom. The highest BCUT2D eigenvalue weighted by Crippen LogP contribution is 2.32. The first-order valence-corrected chi connectivity index (χ1v) is 10.2. The molecule has 6 heteroatoms. The number of benzene rings is 2. The number of pyridine rings is 1. The fourth-order valence-electron chi connectivity index (χ4n) is 2.98. The van der Waals surface area contributed by atoms with Gasteiger partial charge in [0.1, 0.15) is 0 Å². The number of hydrogen-bond donors (Lipinski definition) is 2. The van der Waals surface area contributed by atoms with Crippen LogP contribution < -0.4 is 5.32 Å². The molecule has 0 unspecified atom stereocenters. The second kappa shape index (κ2) is 8.75. The third-order valence-corrected chi connectivity index (χ3v) is 5.43. The highest BCUT2D eigenvalue weighted by molar-refractivity contribution is 7.99. The molecular formula is C23H20N4OS. The van der Waals surface area contributed by atoms with Crippen LogP contribution in [-0.2, 0) is 0 Å². The molecule has 0 aliphatic carbocycles. The summed E-state index contributed by atoms with van der Waals surface area (Å²) in [5.41, 5.74) is 3.39. The fourth-order valence-corrected chi connectivity index (χ4v) is 3.96. The van der Waals surface area contributed by atoms with E-state index in [9.17, 15) is 4.79 Å². The Morgan fingerprint density at radius 3 is 2.79 bits per heavy atom. The number of aromatic nitrogens is 3. The van der Waals surface area contributed by atoms with Gasteiger partial charge in [0.2, 0.25) is 0 Å². The molecule has 0 spiro atoms. The number of carbonyl (C=O) groups is 1. The molecule has 2 aromatic heterocycles. The summed E-state index contributed by atoms with van der Waals surface area (Å²) in [6.07, 6.45) is 5.67. The number of carbonyl (C=O) groups excluding carboxylic acids is 1. The molecule has 2 heterocycles.